The van der Waals surface area contributed by atoms with E-state index in [2.05, 4.69) is 29.1 Å². The van der Waals surface area contributed by atoms with Gasteiger partial charge in [-0.25, -0.2) is 9.67 Å². The average Bonchev–Trinajstić information content (AvgIpc) is 2.90. The number of aromatic nitrogens is 5. The Morgan fingerprint density at radius 3 is 2.72 bits per heavy atom. The molecule has 2 rings (SSSR count). The lowest BCUT2D eigenvalue weighted by atomic mass is 10.0. The number of nitrogens with two attached hydrogens (primary N) is 1. The third-order valence-electron chi connectivity index (χ3n) is 2.95. The van der Waals surface area contributed by atoms with Crippen molar-refractivity contribution in [1.29, 1.82) is 0 Å². The highest BCUT2D eigenvalue weighted by Crippen LogP contribution is 2.16. The lowest BCUT2D eigenvalue weighted by Crippen LogP contribution is -2.17. The number of halogens is 1. The van der Waals surface area contributed by atoms with Crippen LogP contribution in [0.15, 0.2) is 12.4 Å². The first-order valence-electron chi connectivity index (χ1n) is 5.80. The number of nitrogens with zero attached hydrogens (tertiary/aromatic N) is 5. The maximum absolute atomic E-state index is 6.02. The molecule has 0 fully saturated rings. The van der Waals surface area contributed by atoms with Gasteiger partial charge < -0.3 is 10.3 Å². The lowest BCUT2D eigenvalue weighted by Gasteiger charge is -2.11. The first kappa shape index (κ1) is 13.0. The van der Waals surface area contributed by atoms with Gasteiger partial charge in [0.2, 0.25) is 0 Å². The predicted molar refractivity (Wildman–Crippen MR) is 69.1 cm³/mol. The van der Waals surface area contributed by atoms with Crippen LogP contribution in [0.2, 0.25) is 5.15 Å². The van der Waals surface area contributed by atoms with Crippen LogP contribution in [-0.4, -0.2) is 24.5 Å². The van der Waals surface area contributed by atoms with E-state index in [1.807, 2.05) is 17.8 Å². The molecule has 98 valence electrons. The minimum absolute atomic E-state index is 0.0938. The summed E-state index contributed by atoms with van der Waals surface area (Å²) in [6, 6.07) is -0.0938. The normalized spacial score (nSPS) is 13.2. The van der Waals surface area contributed by atoms with Crippen LogP contribution in [0.5, 0.6) is 0 Å². The maximum atomic E-state index is 6.02. The van der Waals surface area contributed by atoms with E-state index in [0.717, 1.165) is 11.5 Å². The molecule has 0 amide bonds. The summed E-state index contributed by atoms with van der Waals surface area (Å²) < 4.78 is 3.53. The van der Waals surface area contributed by atoms with Gasteiger partial charge in [-0.2, -0.15) is 0 Å². The number of imidazole rings is 1. The van der Waals surface area contributed by atoms with E-state index in [-0.39, 0.29) is 6.04 Å². The molecule has 0 aliphatic heterocycles. The van der Waals surface area contributed by atoms with Gasteiger partial charge in [-0.05, 0) is 5.92 Å². The number of rotatable bonds is 4. The van der Waals surface area contributed by atoms with Crippen molar-refractivity contribution in [3.63, 3.8) is 0 Å². The summed E-state index contributed by atoms with van der Waals surface area (Å²) in [4.78, 5) is 4.21. The Morgan fingerprint density at radius 2 is 2.17 bits per heavy atom. The molecule has 0 spiro atoms. The van der Waals surface area contributed by atoms with Crippen LogP contribution in [0.4, 0.5) is 0 Å². The standard InChI is InChI=1S/C11H17ClN6/c1-7(2)11(13)8-5-18(16-15-8)6-10-14-4-9(12)17(10)3/h4-5,7,11H,6,13H2,1-3H3. The van der Waals surface area contributed by atoms with Crippen LogP contribution < -0.4 is 5.73 Å². The molecule has 0 saturated carbocycles. The molecule has 0 aliphatic rings. The summed E-state index contributed by atoms with van der Waals surface area (Å²) in [5, 5.41) is 8.74. The van der Waals surface area contributed by atoms with E-state index in [1.54, 1.807) is 10.9 Å². The summed E-state index contributed by atoms with van der Waals surface area (Å²) in [5.41, 5.74) is 6.82. The van der Waals surface area contributed by atoms with E-state index >= 15 is 0 Å². The van der Waals surface area contributed by atoms with E-state index < -0.39 is 0 Å². The van der Waals surface area contributed by atoms with Crippen molar-refractivity contribution >= 4 is 11.6 Å². The SMILES string of the molecule is CC(C)C(N)c1cn(Cc2ncc(Cl)n2C)nn1. The third kappa shape index (κ3) is 2.54. The molecule has 0 bridgehead atoms. The Labute approximate surface area is 111 Å². The lowest BCUT2D eigenvalue weighted by molar-refractivity contribution is 0.502. The van der Waals surface area contributed by atoms with Crippen molar-refractivity contribution in [3.8, 4) is 0 Å². The van der Waals surface area contributed by atoms with Gasteiger partial charge in [0.25, 0.3) is 0 Å². The van der Waals surface area contributed by atoms with Crippen molar-refractivity contribution in [2.24, 2.45) is 18.7 Å². The molecule has 0 aromatic carbocycles. The van der Waals surface area contributed by atoms with E-state index in [9.17, 15) is 0 Å². The Hall–Kier alpha value is -1.40. The van der Waals surface area contributed by atoms with Gasteiger partial charge in [-0.1, -0.05) is 30.7 Å². The quantitative estimate of drug-likeness (QED) is 0.909. The molecule has 2 aromatic heterocycles. The van der Waals surface area contributed by atoms with E-state index in [4.69, 9.17) is 17.3 Å². The van der Waals surface area contributed by atoms with Gasteiger partial charge in [0.05, 0.1) is 24.1 Å². The first-order chi connectivity index (χ1) is 8.49. The zero-order chi connectivity index (χ0) is 13.3. The Balaban J connectivity index is 2.14. The van der Waals surface area contributed by atoms with Gasteiger partial charge in [0.1, 0.15) is 17.5 Å². The van der Waals surface area contributed by atoms with Crippen molar-refractivity contribution in [3.05, 3.63) is 29.1 Å². The number of hydrogen-bond acceptors (Lipinski definition) is 4. The zero-order valence-electron chi connectivity index (χ0n) is 10.7. The van der Waals surface area contributed by atoms with Gasteiger partial charge in [-0.15, -0.1) is 5.10 Å². The molecule has 1 unspecified atom stereocenters. The van der Waals surface area contributed by atoms with Crippen molar-refractivity contribution in [1.82, 2.24) is 24.5 Å². The fourth-order valence-corrected chi connectivity index (χ4v) is 1.75. The second-order valence-corrected chi connectivity index (χ2v) is 5.05. The van der Waals surface area contributed by atoms with Crippen LogP contribution in [0.3, 0.4) is 0 Å². The average molecular weight is 269 g/mol. The zero-order valence-corrected chi connectivity index (χ0v) is 11.5. The third-order valence-corrected chi connectivity index (χ3v) is 3.30. The van der Waals surface area contributed by atoms with Crippen LogP contribution in [0.25, 0.3) is 0 Å². The second kappa shape index (κ2) is 5.07. The minimum atomic E-state index is -0.0938. The van der Waals surface area contributed by atoms with Crippen molar-refractivity contribution < 1.29 is 0 Å². The fourth-order valence-electron chi connectivity index (χ4n) is 1.60. The highest BCUT2D eigenvalue weighted by Gasteiger charge is 2.15. The highest BCUT2D eigenvalue weighted by molar-refractivity contribution is 6.29. The van der Waals surface area contributed by atoms with Crippen molar-refractivity contribution in [2.75, 3.05) is 0 Å². The van der Waals surface area contributed by atoms with Gasteiger partial charge in [-0.3, -0.25) is 0 Å². The van der Waals surface area contributed by atoms with Crippen LogP contribution in [-0.2, 0) is 13.6 Å². The van der Waals surface area contributed by atoms with Crippen LogP contribution in [0, 0.1) is 5.92 Å². The summed E-state index contributed by atoms with van der Waals surface area (Å²) in [5.74, 6) is 1.16. The van der Waals surface area contributed by atoms with E-state index in [1.165, 1.54) is 0 Å². The monoisotopic (exact) mass is 268 g/mol. The first-order valence-corrected chi connectivity index (χ1v) is 6.18. The Morgan fingerprint density at radius 1 is 1.44 bits per heavy atom. The molecule has 0 radical (unpaired) electrons. The Bertz CT molecular complexity index is 529. The van der Waals surface area contributed by atoms with Gasteiger partial charge >= 0.3 is 0 Å². The summed E-state index contributed by atoms with van der Waals surface area (Å²) >= 11 is 5.93. The molecular formula is C11H17ClN6. The molecule has 1 atom stereocenters. The second-order valence-electron chi connectivity index (χ2n) is 4.67. The smallest absolute Gasteiger partial charge is 0.131 e. The molecule has 2 N–H and O–H groups in total. The molecule has 7 heteroatoms. The summed E-state index contributed by atoms with van der Waals surface area (Å²) in [7, 11) is 1.86. The fraction of sp³-hybridized carbons (Fsp3) is 0.545. The van der Waals surface area contributed by atoms with Gasteiger partial charge in [0, 0.05) is 7.05 Å². The topological polar surface area (TPSA) is 74.6 Å². The predicted octanol–water partition coefficient (Wildman–Crippen LogP) is 1.37. The largest absolute Gasteiger partial charge is 0.322 e. The van der Waals surface area contributed by atoms with E-state index in [0.29, 0.717) is 17.6 Å². The molecule has 6 nitrogen and oxygen atoms in total. The highest BCUT2D eigenvalue weighted by atomic mass is 35.5. The summed E-state index contributed by atoms with van der Waals surface area (Å²) in [6.45, 7) is 4.64. The van der Waals surface area contributed by atoms with Crippen molar-refractivity contribution in [2.45, 2.75) is 26.4 Å². The van der Waals surface area contributed by atoms with Crippen LogP contribution >= 0.6 is 11.6 Å². The molecule has 0 aliphatic carbocycles. The molecule has 18 heavy (non-hydrogen) atoms. The molecular weight excluding hydrogens is 252 g/mol. The maximum Gasteiger partial charge on any atom is 0.131 e. The molecule has 2 heterocycles. The number of hydrogen-bond donors (Lipinski definition) is 1. The molecule has 0 saturated heterocycles. The van der Waals surface area contributed by atoms with Crippen LogP contribution in [0.1, 0.15) is 31.4 Å². The summed E-state index contributed by atoms with van der Waals surface area (Å²) in [6.07, 6.45) is 3.47. The van der Waals surface area contributed by atoms with Gasteiger partial charge in [0.15, 0.2) is 0 Å². The Kier molecular flexibility index (Phi) is 3.68. The molecule has 2 aromatic rings. The minimum Gasteiger partial charge on any atom is -0.322 e.